The summed E-state index contributed by atoms with van der Waals surface area (Å²) in [4.78, 5) is 53.4. The van der Waals surface area contributed by atoms with Crippen molar-refractivity contribution < 1.29 is 19.2 Å². The van der Waals surface area contributed by atoms with Gasteiger partial charge in [-0.3, -0.25) is 14.5 Å². The number of carbonyl (C=O) groups excluding carboxylic acids is 4. The lowest BCUT2D eigenvalue weighted by molar-refractivity contribution is -0.131. The van der Waals surface area contributed by atoms with Crippen LogP contribution in [-0.2, 0) is 9.59 Å². The number of rotatable bonds is 5. The maximum Gasteiger partial charge on any atom is 0.328 e. The first-order valence-electron chi connectivity index (χ1n) is 10.2. The molecule has 0 unspecified atom stereocenters. The first-order valence-corrected chi connectivity index (χ1v) is 10.2. The van der Waals surface area contributed by atoms with Crippen LogP contribution in [0.3, 0.4) is 0 Å². The number of nitrogens with one attached hydrogen (secondary N) is 1. The fourth-order valence-corrected chi connectivity index (χ4v) is 4.02. The van der Waals surface area contributed by atoms with E-state index >= 15 is 0 Å². The predicted molar refractivity (Wildman–Crippen MR) is 112 cm³/mol. The molecule has 0 aliphatic carbocycles. The van der Waals surface area contributed by atoms with E-state index in [2.05, 4.69) is 5.32 Å². The lowest BCUT2D eigenvalue weighted by Crippen LogP contribution is -2.55. The second-order valence-corrected chi connectivity index (χ2v) is 8.37. The SMILES string of the molecule is CC(C)c1cccc(C(C)C)c1NC(=O)CN1C(=O)[C@@H]2CN(C(N)=O)CCN2C1=O. The lowest BCUT2D eigenvalue weighted by Gasteiger charge is -2.34. The van der Waals surface area contributed by atoms with Crippen molar-refractivity contribution in [2.24, 2.45) is 5.73 Å². The summed E-state index contributed by atoms with van der Waals surface area (Å²) in [6, 6.07) is 3.98. The number of anilines is 1. The van der Waals surface area contributed by atoms with Gasteiger partial charge in [0.15, 0.2) is 0 Å². The van der Waals surface area contributed by atoms with Crippen LogP contribution in [0, 0.1) is 0 Å². The van der Waals surface area contributed by atoms with Gasteiger partial charge in [-0.15, -0.1) is 0 Å². The molecule has 9 nitrogen and oxygen atoms in total. The normalized spacial score (nSPS) is 19.0. The van der Waals surface area contributed by atoms with Gasteiger partial charge in [-0.2, -0.15) is 0 Å². The highest BCUT2D eigenvalue weighted by Crippen LogP contribution is 2.32. The maximum atomic E-state index is 12.8. The third kappa shape index (κ3) is 3.96. The molecular weight excluding hydrogens is 386 g/mol. The molecule has 3 rings (SSSR count). The fraction of sp³-hybridized carbons (Fsp3) is 0.524. The van der Waals surface area contributed by atoms with Crippen LogP contribution in [0.2, 0.25) is 0 Å². The monoisotopic (exact) mass is 415 g/mol. The van der Waals surface area contributed by atoms with Gasteiger partial charge in [0.25, 0.3) is 5.91 Å². The molecule has 1 atom stereocenters. The second-order valence-electron chi connectivity index (χ2n) is 8.37. The van der Waals surface area contributed by atoms with Crippen LogP contribution >= 0.6 is 0 Å². The van der Waals surface area contributed by atoms with Crippen molar-refractivity contribution in [3.8, 4) is 0 Å². The summed E-state index contributed by atoms with van der Waals surface area (Å²) in [5.41, 5.74) is 8.05. The molecule has 1 aromatic carbocycles. The number of nitrogens with two attached hydrogens (primary N) is 1. The predicted octanol–water partition coefficient (Wildman–Crippen LogP) is 1.90. The van der Waals surface area contributed by atoms with Gasteiger partial charge in [0, 0.05) is 18.8 Å². The Morgan fingerprint density at radius 1 is 1.10 bits per heavy atom. The number of fused-ring (bicyclic) bond motifs is 1. The number of benzene rings is 1. The van der Waals surface area contributed by atoms with Crippen molar-refractivity contribution >= 4 is 29.6 Å². The molecule has 2 aliphatic rings. The minimum absolute atomic E-state index is 0.0473. The fourth-order valence-electron chi connectivity index (χ4n) is 4.02. The zero-order chi connectivity index (χ0) is 22.2. The number of amides is 6. The van der Waals surface area contributed by atoms with Gasteiger partial charge in [0.05, 0.1) is 6.54 Å². The molecule has 0 spiro atoms. The van der Waals surface area contributed by atoms with E-state index < -0.39 is 29.9 Å². The van der Waals surface area contributed by atoms with E-state index in [4.69, 9.17) is 5.73 Å². The highest BCUT2D eigenvalue weighted by molar-refractivity contribution is 6.08. The average Bonchev–Trinajstić information content (AvgIpc) is 2.92. The van der Waals surface area contributed by atoms with Crippen LogP contribution in [0.5, 0.6) is 0 Å². The summed E-state index contributed by atoms with van der Waals surface area (Å²) in [7, 11) is 0. The van der Waals surface area contributed by atoms with Gasteiger partial charge < -0.3 is 20.9 Å². The van der Waals surface area contributed by atoms with Gasteiger partial charge in [-0.25, -0.2) is 9.59 Å². The third-order valence-electron chi connectivity index (χ3n) is 5.66. The molecule has 30 heavy (non-hydrogen) atoms. The van der Waals surface area contributed by atoms with Crippen molar-refractivity contribution in [3.05, 3.63) is 29.3 Å². The molecule has 1 aromatic rings. The molecule has 0 saturated carbocycles. The summed E-state index contributed by atoms with van der Waals surface area (Å²) in [6.45, 7) is 8.34. The summed E-state index contributed by atoms with van der Waals surface area (Å²) in [5, 5.41) is 2.93. The number of piperazine rings is 1. The second kappa shape index (κ2) is 8.33. The molecule has 2 aliphatic heterocycles. The largest absolute Gasteiger partial charge is 0.351 e. The number of urea groups is 2. The molecule has 6 amide bonds. The van der Waals surface area contributed by atoms with Gasteiger partial charge in [-0.05, 0) is 23.0 Å². The average molecular weight is 415 g/mol. The highest BCUT2D eigenvalue weighted by Gasteiger charge is 2.48. The van der Waals surface area contributed by atoms with E-state index in [1.807, 2.05) is 45.9 Å². The van der Waals surface area contributed by atoms with Crippen LogP contribution in [-0.4, -0.2) is 70.8 Å². The zero-order valence-electron chi connectivity index (χ0n) is 17.8. The first kappa shape index (κ1) is 21.6. The van der Waals surface area contributed by atoms with Gasteiger partial charge in [-0.1, -0.05) is 45.9 Å². The molecule has 2 saturated heterocycles. The van der Waals surface area contributed by atoms with Crippen LogP contribution in [0.1, 0.15) is 50.7 Å². The standard InChI is InChI=1S/C21H29N5O4/c1-12(2)14-6-5-7-15(13(3)4)18(14)23-17(27)11-26-19(28)16-10-24(20(22)29)8-9-25(16)21(26)30/h5-7,12-13,16H,8-11H2,1-4H3,(H2,22,29)(H,23,27)/t16-/m0/s1. The number of para-hydroxylation sites is 1. The number of primary amides is 1. The minimum Gasteiger partial charge on any atom is -0.351 e. The molecule has 3 N–H and O–H groups in total. The van der Waals surface area contributed by atoms with E-state index in [9.17, 15) is 19.2 Å². The summed E-state index contributed by atoms with van der Waals surface area (Å²) < 4.78 is 0. The number of hydrogen-bond donors (Lipinski definition) is 2. The summed E-state index contributed by atoms with van der Waals surface area (Å²) in [6.07, 6.45) is 0. The van der Waals surface area contributed by atoms with E-state index in [0.29, 0.717) is 0 Å². The Labute approximate surface area is 176 Å². The molecule has 0 aromatic heterocycles. The molecule has 9 heteroatoms. The van der Waals surface area contributed by atoms with Crippen LogP contribution in [0.15, 0.2) is 18.2 Å². The summed E-state index contributed by atoms with van der Waals surface area (Å²) >= 11 is 0. The quantitative estimate of drug-likeness (QED) is 0.715. The molecule has 2 heterocycles. The van der Waals surface area contributed by atoms with E-state index in [0.717, 1.165) is 21.7 Å². The van der Waals surface area contributed by atoms with Gasteiger partial charge in [0.1, 0.15) is 12.6 Å². The van der Waals surface area contributed by atoms with Crippen molar-refractivity contribution in [2.75, 3.05) is 31.5 Å². The number of nitrogens with zero attached hydrogens (tertiary/aromatic N) is 3. The van der Waals surface area contributed by atoms with E-state index in [1.54, 1.807) is 0 Å². The molecule has 0 radical (unpaired) electrons. The molecule has 2 fully saturated rings. The molecule has 0 bridgehead atoms. The summed E-state index contributed by atoms with van der Waals surface area (Å²) in [5.74, 6) is -0.522. The smallest absolute Gasteiger partial charge is 0.328 e. The number of imide groups is 1. The van der Waals surface area contributed by atoms with Crippen LogP contribution in [0.25, 0.3) is 0 Å². The molecular formula is C21H29N5O4. The van der Waals surface area contributed by atoms with Crippen molar-refractivity contribution in [1.82, 2.24) is 14.7 Å². The zero-order valence-corrected chi connectivity index (χ0v) is 17.8. The Morgan fingerprint density at radius 2 is 1.70 bits per heavy atom. The maximum absolute atomic E-state index is 12.8. The lowest BCUT2D eigenvalue weighted by atomic mass is 9.92. The topological polar surface area (TPSA) is 116 Å². The van der Waals surface area contributed by atoms with Gasteiger partial charge >= 0.3 is 12.1 Å². The van der Waals surface area contributed by atoms with Crippen LogP contribution < -0.4 is 11.1 Å². The minimum atomic E-state index is -0.791. The van der Waals surface area contributed by atoms with Crippen molar-refractivity contribution in [1.29, 1.82) is 0 Å². The highest BCUT2D eigenvalue weighted by atomic mass is 16.2. The Hall–Kier alpha value is -3.10. The number of carbonyl (C=O) groups is 4. The van der Waals surface area contributed by atoms with Gasteiger partial charge in [0.2, 0.25) is 5.91 Å². The van der Waals surface area contributed by atoms with E-state index in [1.165, 1.54) is 9.80 Å². The Balaban J connectivity index is 1.77. The molecule has 162 valence electrons. The van der Waals surface area contributed by atoms with Crippen LogP contribution in [0.4, 0.5) is 15.3 Å². The third-order valence-corrected chi connectivity index (χ3v) is 5.66. The Bertz CT molecular complexity index is 856. The van der Waals surface area contributed by atoms with E-state index in [-0.39, 0.29) is 38.0 Å². The van der Waals surface area contributed by atoms with Crippen molar-refractivity contribution in [3.63, 3.8) is 0 Å². The first-order chi connectivity index (χ1) is 14.1. The Morgan fingerprint density at radius 3 is 2.23 bits per heavy atom. The number of hydrogen-bond acceptors (Lipinski definition) is 4. The Kier molecular flexibility index (Phi) is 6.00. The van der Waals surface area contributed by atoms with Crippen molar-refractivity contribution in [2.45, 2.75) is 45.6 Å².